The molecule has 0 aliphatic rings. The van der Waals surface area contributed by atoms with Crippen LogP contribution in [0.15, 0.2) is 18.5 Å². The summed E-state index contributed by atoms with van der Waals surface area (Å²) in [7, 11) is 0. The topological polar surface area (TPSA) is 43.6 Å². The van der Waals surface area contributed by atoms with Crippen LogP contribution in [-0.4, -0.2) is 20.0 Å². The summed E-state index contributed by atoms with van der Waals surface area (Å²) in [5.74, 6) is 0. The van der Waals surface area contributed by atoms with Gasteiger partial charge in [0.1, 0.15) is 0 Å². The number of pyridine rings is 1. The number of hydrogen-bond acceptors (Lipinski definition) is 3. The summed E-state index contributed by atoms with van der Waals surface area (Å²) in [6.07, 6.45) is 3.71. The second kappa shape index (κ2) is 4.10. The summed E-state index contributed by atoms with van der Waals surface area (Å²) >= 11 is 3.35. The number of halogens is 1. The van der Waals surface area contributed by atoms with Crippen molar-refractivity contribution >= 4 is 15.9 Å². The Morgan fingerprint density at radius 3 is 2.80 bits per heavy atom. The van der Waals surface area contributed by atoms with E-state index in [4.69, 9.17) is 0 Å². The van der Waals surface area contributed by atoms with E-state index in [1.807, 2.05) is 26.1 Å². The Kier molecular flexibility index (Phi) is 2.81. The number of aromatic nitrogens is 4. The lowest BCUT2D eigenvalue weighted by Crippen LogP contribution is -2.02. The molecule has 0 bridgehead atoms. The molecular formula is C10H11BrN4. The van der Waals surface area contributed by atoms with Crippen molar-refractivity contribution in [1.82, 2.24) is 20.0 Å². The van der Waals surface area contributed by atoms with Gasteiger partial charge in [0.05, 0.1) is 23.3 Å². The highest BCUT2D eigenvalue weighted by atomic mass is 79.9. The van der Waals surface area contributed by atoms with E-state index in [9.17, 15) is 0 Å². The highest BCUT2D eigenvalue weighted by Gasteiger charge is 2.07. The van der Waals surface area contributed by atoms with E-state index in [0.717, 1.165) is 22.6 Å². The molecule has 0 aliphatic carbocycles. The van der Waals surface area contributed by atoms with E-state index < -0.39 is 0 Å². The first kappa shape index (κ1) is 10.3. The Bertz CT molecular complexity index is 458. The maximum atomic E-state index is 4.25. The van der Waals surface area contributed by atoms with Crippen LogP contribution in [-0.2, 0) is 5.33 Å². The summed E-state index contributed by atoms with van der Waals surface area (Å²) in [5, 5.41) is 8.82. The fourth-order valence-corrected chi connectivity index (χ4v) is 1.76. The van der Waals surface area contributed by atoms with Crippen molar-refractivity contribution in [3.05, 3.63) is 35.4 Å². The number of aryl methyl sites for hydroxylation is 2. The molecule has 5 heteroatoms. The van der Waals surface area contributed by atoms with Gasteiger partial charge in [-0.2, -0.15) is 0 Å². The summed E-state index contributed by atoms with van der Waals surface area (Å²) in [6, 6.07) is 1.97. The molecule has 0 radical (unpaired) electrons. The van der Waals surface area contributed by atoms with Crippen LogP contribution >= 0.6 is 15.9 Å². The SMILES string of the molecule is Cc1ccnc(C)c1-n1cc(CBr)nn1. The smallest absolute Gasteiger partial charge is 0.0937 e. The molecule has 0 N–H and O–H groups in total. The van der Waals surface area contributed by atoms with Crippen LogP contribution in [0.1, 0.15) is 17.0 Å². The van der Waals surface area contributed by atoms with Crippen LogP contribution in [0.2, 0.25) is 0 Å². The van der Waals surface area contributed by atoms with Gasteiger partial charge in [-0.25, -0.2) is 4.68 Å². The second-order valence-corrected chi connectivity index (χ2v) is 3.91. The average Bonchev–Trinajstić information content (AvgIpc) is 2.66. The van der Waals surface area contributed by atoms with E-state index in [0.29, 0.717) is 5.33 Å². The molecule has 78 valence electrons. The Labute approximate surface area is 96.5 Å². The summed E-state index contributed by atoms with van der Waals surface area (Å²) in [6.45, 7) is 4.01. The molecule has 15 heavy (non-hydrogen) atoms. The molecule has 0 saturated heterocycles. The molecule has 0 spiro atoms. The summed E-state index contributed by atoms with van der Waals surface area (Å²) in [4.78, 5) is 4.25. The Hall–Kier alpha value is -1.23. The number of nitrogens with zero attached hydrogens (tertiary/aromatic N) is 4. The zero-order valence-corrected chi connectivity index (χ0v) is 10.2. The van der Waals surface area contributed by atoms with Crippen LogP contribution < -0.4 is 0 Å². The third-order valence-electron chi connectivity index (χ3n) is 2.22. The van der Waals surface area contributed by atoms with E-state index >= 15 is 0 Å². The van der Waals surface area contributed by atoms with Gasteiger partial charge in [0.15, 0.2) is 0 Å². The zero-order valence-electron chi connectivity index (χ0n) is 8.61. The van der Waals surface area contributed by atoms with Gasteiger partial charge < -0.3 is 0 Å². The van der Waals surface area contributed by atoms with Crippen molar-refractivity contribution in [3.63, 3.8) is 0 Å². The van der Waals surface area contributed by atoms with Crippen molar-refractivity contribution in [2.45, 2.75) is 19.2 Å². The third-order valence-corrected chi connectivity index (χ3v) is 2.79. The molecule has 0 amide bonds. The molecule has 0 unspecified atom stereocenters. The van der Waals surface area contributed by atoms with Crippen molar-refractivity contribution in [3.8, 4) is 5.69 Å². The predicted molar refractivity (Wildman–Crippen MR) is 61.3 cm³/mol. The monoisotopic (exact) mass is 266 g/mol. The fraction of sp³-hybridized carbons (Fsp3) is 0.300. The first-order valence-corrected chi connectivity index (χ1v) is 5.74. The zero-order chi connectivity index (χ0) is 10.8. The van der Waals surface area contributed by atoms with Gasteiger partial charge in [0.2, 0.25) is 0 Å². The summed E-state index contributed by atoms with van der Waals surface area (Å²) < 4.78 is 1.77. The summed E-state index contributed by atoms with van der Waals surface area (Å²) in [5.41, 5.74) is 4.03. The number of rotatable bonds is 2. The minimum atomic E-state index is 0.714. The lowest BCUT2D eigenvalue weighted by Gasteiger charge is -2.06. The maximum Gasteiger partial charge on any atom is 0.0937 e. The van der Waals surface area contributed by atoms with Crippen molar-refractivity contribution in [2.24, 2.45) is 0 Å². The van der Waals surface area contributed by atoms with Crippen LogP contribution in [0.3, 0.4) is 0 Å². The van der Waals surface area contributed by atoms with Gasteiger partial charge in [0.25, 0.3) is 0 Å². The van der Waals surface area contributed by atoms with Crippen molar-refractivity contribution < 1.29 is 0 Å². The maximum absolute atomic E-state index is 4.25. The molecule has 2 aromatic rings. The van der Waals surface area contributed by atoms with Crippen LogP contribution in [0.25, 0.3) is 5.69 Å². The van der Waals surface area contributed by atoms with E-state index in [1.54, 1.807) is 10.9 Å². The quantitative estimate of drug-likeness (QED) is 0.783. The molecule has 2 heterocycles. The molecule has 4 nitrogen and oxygen atoms in total. The van der Waals surface area contributed by atoms with E-state index in [1.165, 1.54) is 0 Å². The Balaban J connectivity index is 2.53. The largest absolute Gasteiger partial charge is 0.259 e. The number of alkyl halides is 1. The normalized spacial score (nSPS) is 10.6. The minimum Gasteiger partial charge on any atom is -0.259 e. The highest BCUT2D eigenvalue weighted by molar-refractivity contribution is 9.08. The third kappa shape index (κ3) is 1.92. The van der Waals surface area contributed by atoms with Gasteiger partial charge in [-0.3, -0.25) is 4.98 Å². The molecule has 0 aromatic carbocycles. The minimum absolute atomic E-state index is 0.714. The van der Waals surface area contributed by atoms with E-state index in [2.05, 4.69) is 31.2 Å². The van der Waals surface area contributed by atoms with Gasteiger partial charge >= 0.3 is 0 Å². The highest BCUT2D eigenvalue weighted by Crippen LogP contribution is 2.15. The van der Waals surface area contributed by atoms with Gasteiger partial charge in [-0.1, -0.05) is 21.1 Å². The first-order valence-electron chi connectivity index (χ1n) is 4.62. The molecule has 0 saturated carbocycles. The molecule has 2 rings (SSSR count). The molecule has 2 aromatic heterocycles. The predicted octanol–water partition coefficient (Wildman–Crippen LogP) is 2.17. The Morgan fingerprint density at radius 1 is 1.40 bits per heavy atom. The lowest BCUT2D eigenvalue weighted by atomic mass is 10.2. The van der Waals surface area contributed by atoms with Crippen LogP contribution in [0, 0.1) is 13.8 Å². The van der Waals surface area contributed by atoms with Crippen LogP contribution in [0.5, 0.6) is 0 Å². The average molecular weight is 267 g/mol. The van der Waals surface area contributed by atoms with Gasteiger partial charge in [-0.15, -0.1) is 5.10 Å². The second-order valence-electron chi connectivity index (χ2n) is 3.35. The van der Waals surface area contributed by atoms with Crippen molar-refractivity contribution in [2.75, 3.05) is 0 Å². The van der Waals surface area contributed by atoms with Crippen LogP contribution in [0.4, 0.5) is 0 Å². The Morgan fingerprint density at radius 2 is 2.20 bits per heavy atom. The first-order chi connectivity index (χ1) is 7.22. The van der Waals surface area contributed by atoms with Gasteiger partial charge in [0, 0.05) is 11.5 Å². The molecule has 0 fully saturated rings. The van der Waals surface area contributed by atoms with Gasteiger partial charge in [-0.05, 0) is 25.5 Å². The fourth-order valence-electron chi connectivity index (χ4n) is 1.50. The molecule has 0 atom stereocenters. The lowest BCUT2D eigenvalue weighted by molar-refractivity contribution is 0.785. The van der Waals surface area contributed by atoms with Crippen molar-refractivity contribution in [1.29, 1.82) is 0 Å². The number of hydrogen-bond donors (Lipinski definition) is 0. The van der Waals surface area contributed by atoms with E-state index in [-0.39, 0.29) is 0 Å². The molecular weight excluding hydrogens is 256 g/mol. The molecule has 0 aliphatic heterocycles. The standard InChI is InChI=1S/C10H11BrN4/c1-7-3-4-12-8(2)10(7)15-6-9(5-11)13-14-15/h3-4,6H,5H2,1-2H3.